The molecule has 6 aromatic carbocycles. The van der Waals surface area contributed by atoms with Gasteiger partial charge in [-0.15, -0.1) is 0 Å². The molecule has 1 aromatic heterocycles. The number of anilines is 3. The number of allylic oxidation sites excluding steroid dienone is 17. The van der Waals surface area contributed by atoms with Crippen molar-refractivity contribution >= 4 is 38.9 Å². The van der Waals surface area contributed by atoms with Crippen molar-refractivity contribution in [3.8, 4) is 11.1 Å². The van der Waals surface area contributed by atoms with Crippen molar-refractivity contribution in [3.63, 3.8) is 0 Å². The van der Waals surface area contributed by atoms with Crippen molar-refractivity contribution in [2.45, 2.75) is 44.2 Å². The summed E-state index contributed by atoms with van der Waals surface area (Å²) in [6.45, 7) is 6.21. The van der Waals surface area contributed by atoms with Gasteiger partial charge in [0.15, 0.2) is 0 Å². The zero-order chi connectivity index (χ0) is 48.9. The van der Waals surface area contributed by atoms with Crippen LogP contribution in [0.25, 0.3) is 32.9 Å². The number of rotatable bonds is 13. The zero-order valence-corrected chi connectivity index (χ0v) is 41.0. The van der Waals surface area contributed by atoms with Crippen LogP contribution in [0.3, 0.4) is 0 Å². The summed E-state index contributed by atoms with van der Waals surface area (Å²) in [6, 6.07) is 56.8. The maximum atomic E-state index is 3.85. The number of nitrogens with one attached hydrogen (secondary N) is 1. The minimum absolute atomic E-state index is 0.133. The lowest BCUT2D eigenvalue weighted by Crippen LogP contribution is -2.30. The molecule has 1 N–H and O–H groups in total. The molecule has 0 saturated carbocycles. The second-order valence-corrected chi connectivity index (χ2v) is 18.5. The highest BCUT2D eigenvalue weighted by Gasteiger charge is 2.27. The summed E-state index contributed by atoms with van der Waals surface area (Å²) in [5, 5.41) is 6.14. The first-order valence-electron chi connectivity index (χ1n) is 25.4. The van der Waals surface area contributed by atoms with Crippen molar-refractivity contribution < 1.29 is 0 Å². The summed E-state index contributed by atoms with van der Waals surface area (Å²) < 4.78 is 2.59. The molecule has 0 aliphatic heterocycles. The second-order valence-electron chi connectivity index (χ2n) is 18.5. The van der Waals surface area contributed by atoms with Gasteiger partial charge in [0, 0.05) is 74.0 Å². The first kappa shape index (κ1) is 47.1. The van der Waals surface area contributed by atoms with E-state index < -0.39 is 0 Å². The topological polar surface area (TPSA) is 23.4 Å². The third kappa shape index (κ3) is 10.9. The lowest BCUT2D eigenvalue weighted by Gasteiger charge is -2.34. The van der Waals surface area contributed by atoms with Gasteiger partial charge in [-0.3, -0.25) is 0 Å². The van der Waals surface area contributed by atoms with Gasteiger partial charge >= 0.3 is 0 Å². The Labute approximate surface area is 426 Å². The molecule has 11 rings (SSSR count). The summed E-state index contributed by atoms with van der Waals surface area (Å²) in [4.78, 5) is 4.74. The van der Waals surface area contributed by atoms with E-state index in [0.29, 0.717) is 0 Å². The standard InChI is InChI=1S/C62H56N4.C6H6/c1-3-4-5-19-42-64(53-22-15-9-16-23-53)57-38-41-60(46(2)43-57)66-61-39-32-49(47-28-34-52(35-29-47)63-51-20-11-8-12-21-51)44-58(61)59-45-50(33-40-62(59)66)48-30-36-56(37-31-48)65(55-26-17-10-18-27-55)54-24-13-6-7-14-25-54;1-2-4-6-5-3-1/h3-6,8-22,24-28,30-47,53,60,63H,1,7,23,29H2,2H3;1-6H/b5-4-,42-19+;. The predicted molar refractivity (Wildman–Crippen MR) is 308 cm³/mol. The van der Waals surface area contributed by atoms with Gasteiger partial charge < -0.3 is 19.7 Å². The predicted octanol–water partition coefficient (Wildman–Crippen LogP) is 17.8. The van der Waals surface area contributed by atoms with Crippen LogP contribution in [-0.4, -0.2) is 15.5 Å². The Morgan fingerprint density at radius 3 is 2.01 bits per heavy atom. The Kier molecular flexibility index (Phi) is 15.0. The lowest BCUT2D eigenvalue weighted by atomic mass is 9.90. The minimum Gasteiger partial charge on any atom is -0.356 e. The molecule has 354 valence electrons. The normalized spacial score (nSPS) is 19.2. The number of aromatic nitrogens is 1. The fourth-order valence-electron chi connectivity index (χ4n) is 10.1. The highest BCUT2D eigenvalue weighted by Crippen LogP contribution is 2.42. The average Bonchev–Trinajstić information content (AvgIpc) is 3.53. The van der Waals surface area contributed by atoms with Crippen molar-refractivity contribution in [1.82, 2.24) is 9.47 Å². The van der Waals surface area contributed by atoms with E-state index in [2.05, 4.69) is 258 Å². The van der Waals surface area contributed by atoms with Gasteiger partial charge in [0.05, 0.1) is 12.1 Å². The van der Waals surface area contributed by atoms with Crippen LogP contribution in [-0.2, 0) is 0 Å². The molecule has 0 bridgehead atoms. The fourth-order valence-corrected chi connectivity index (χ4v) is 10.1. The average molecular weight is 935 g/mol. The van der Waals surface area contributed by atoms with E-state index in [1.807, 2.05) is 54.6 Å². The molecule has 4 aliphatic rings. The van der Waals surface area contributed by atoms with E-state index in [4.69, 9.17) is 0 Å². The number of benzene rings is 6. The van der Waals surface area contributed by atoms with Gasteiger partial charge in [0.1, 0.15) is 0 Å². The number of nitrogens with zero attached hydrogens (tertiary/aromatic N) is 3. The number of hydrogen-bond donors (Lipinski definition) is 1. The molecule has 0 amide bonds. The quantitative estimate of drug-likeness (QED) is 0.117. The van der Waals surface area contributed by atoms with Crippen molar-refractivity contribution in [3.05, 3.63) is 309 Å². The first-order chi connectivity index (χ1) is 35.6. The van der Waals surface area contributed by atoms with Gasteiger partial charge in [0.25, 0.3) is 0 Å². The number of para-hydroxylation sites is 2. The van der Waals surface area contributed by atoms with Gasteiger partial charge in [-0.2, -0.15) is 0 Å². The minimum atomic E-state index is 0.133. The molecular weight excluding hydrogens is 873 g/mol. The third-order valence-corrected chi connectivity index (χ3v) is 13.7. The highest BCUT2D eigenvalue weighted by atomic mass is 15.2. The van der Waals surface area contributed by atoms with Gasteiger partial charge in [-0.1, -0.05) is 196 Å². The van der Waals surface area contributed by atoms with Crippen LogP contribution in [0.5, 0.6) is 0 Å². The number of hydrogen-bond acceptors (Lipinski definition) is 3. The maximum Gasteiger partial charge on any atom is 0.0587 e. The summed E-state index contributed by atoms with van der Waals surface area (Å²) in [6.07, 6.45) is 46.9. The Hall–Kier alpha value is -8.60. The van der Waals surface area contributed by atoms with E-state index in [1.54, 1.807) is 0 Å². The van der Waals surface area contributed by atoms with Crippen LogP contribution >= 0.6 is 0 Å². The molecule has 0 fully saturated rings. The summed E-state index contributed by atoms with van der Waals surface area (Å²) in [5.41, 5.74) is 13.1. The smallest absolute Gasteiger partial charge is 0.0587 e. The summed E-state index contributed by atoms with van der Waals surface area (Å²) >= 11 is 0. The fraction of sp³-hybridized carbons (Fsp3) is 0.118. The van der Waals surface area contributed by atoms with E-state index in [1.165, 1.54) is 44.2 Å². The second kappa shape index (κ2) is 22.9. The van der Waals surface area contributed by atoms with Gasteiger partial charge in [-0.05, 0) is 127 Å². The largest absolute Gasteiger partial charge is 0.356 e. The van der Waals surface area contributed by atoms with Crippen LogP contribution in [0.2, 0.25) is 0 Å². The molecule has 4 nitrogen and oxygen atoms in total. The first-order valence-corrected chi connectivity index (χ1v) is 25.4. The SMILES string of the molecule is C=C/C=C\C=C\N(C1=CC(C)C(n2c3ccc(-c4ccc(N(C5=CC=CCC=C5)c5ccccc5)cc4)cc3c3cc(C4C=CC(Nc5ccccc5)=CC4)ccc32)C=C1)C1C=CC=CC1.c1ccccc1. The van der Waals surface area contributed by atoms with E-state index >= 15 is 0 Å². The molecule has 0 spiro atoms. The molecule has 7 aromatic rings. The Balaban J connectivity index is 0.000000927. The lowest BCUT2D eigenvalue weighted by molar-refractivity contribution is 0.388. The molecule has 4 atom stereocenters. The van der Waals surface area contributed by atoms with Crippen LogP contribution in [0.15, 0.2) is 303 Å². The van der Waals surface area contributed by atoms with Crippen molar-refractivity contribution in [1.29, 1.82) is 0 Å². The van der Waals surface area contributed by atoms with Gasteiger partial charge in [0.2, 0.25) is 0 Å². The zero-order valence-electron chi connectivity index (χ0n) is 41.0. The molecule has 4 aliphatic carbocycles. The molecule has 4 unspecified atom stereocenters. The van der Waals surface area contributed by atoms with E-state index in [-0.39, 0.29) is 23.9 Å². The third-order valence-electron chi connectivity index (χ3n) is 13.7. The highest BCUT2D eigenvalue weighted by molar-refractivity contribution is 6.10. The van der Waals surface area contributed by atoms with Gasteiger partial charge in [-0.25, -0.2) is 0 Å². The molecule has 4 heteroatoms. The summed E-state index contributed by atoms with van der Waals surface area (Å²) in [5.74, 6) is 0.524. The molecular formula is C68H62N4. The maximum absolute atomic E-state index is 3.85. The Morgan fingerprint density at radius 1 is 0.597 bits per heavy atom. The Bertz CT molecular complexity index is 3310. The molecule has 0 saturated heterocycles. The van der Waals surface area contributed by atoms with Crippen molar-refractivity contribution in [2.75, 3.05) is 10.2 Å². The monoisotopic (exact) mass is 934 g/mol. The van der Waals surface area contributed by atoms with Crippen LogP contribution < -0.4 is 10.2 Å². The Morgan fingerprint density at radius 2 is 1.31 bits per heavy atom. The van der Waals surface area contributed by atoms with E-state index in [9.17, 15) is 0 Å². The van der Waals surface area contributed by atoms with Crippen LogP contribution in [0.4, 0.5) is 17.1 Å². The molecule has 72 heavy (non-hydrogen) atoms. The number of fused-ring (bicyclic) bond motifs is 3. The van der Waals surface area contributed by atoms with Crippen LogP contribution in [0.1, 0.15) is 43.7 Å². The van der Waals surface area contributed by atoms with Crippen molar-refractivity contribution in [2.24, 2.45) is 5.92 Å². The van der Waals surface area contributed by atoms with Crippen LogP contribution in [0, 0.1) is 5.92 Å². The van der Waals surface area contributed by atoms with E-state index in [0.717, 1.165) is 47.7 Å². The summed E-state index contributed by atoms with van der Waals surface area (Å²) in [7, 11) is 0. The molecule has 1 heterocycles. The molecule has 0 radical (unpaired) electrons.